The molecule has 2 heterocycles. The molecule has 2 aromatic carbocycles. The van der Waals surface area contributed by atoms with Gasteiger partial charge in [0, 0.05) is 0 Å². The van der Waals surface area contributed by atoms with Crippen LogP contribution in [0.5, 0.6) is 0 Å². The number of rotatable bonds is 6. The number of hydrogen-bond acceptors (Lipinski definition) is 4. The fourth-order valence-electron chi connectivity index (χ4n) is 3.68. The minimum absolute atomic E-state index is 0.699. The largest absolute Gasteiger partial charge is 0.424 e. The zero-order valence-corrected chi connectivity index (χ0v) is 15.1. The molecule has 0 bridgehead atoms. The Kier molecular flexibility index (Phi) is 5.41. The lowest BCUT2D eigenvalue weighted by Crippen LogP contribution is -2.33. The second kappa shape index (κ2) is 8.28. The van der Waals surface area contributed by atoms with Crippen molar-refractivity contribution in [1.82, 2.24) is 15.1 Å². The predicted octanol–water partition coefficient (Wildman–Crippen LogP) is 4.12. The van der Waals surface area contributed by atoms with Crippen LogP contribution in [0.15, 0.2) is 65.1 Å². The quantitative estimate of drug-likeness (QED) is 0.673. The highest BCUT2D eigenvalue weighted by Gasteiger charge is 2.21. The van der Waals surface area contributed by atoms with E-state index in [1.807, 2.05) is 18.2 Å². The molecule has 4 heteroatoms. The van der Waals surface area contributed by atoms with E-state index in [1.165, 1.54) is 30.4 Å². The molecular formula is C22H25N3O. The van der Waals surface area contributed by atoms with Crippen molar-refractivity contribution in [3.8, 4) is 0 Å². The second-order valence-corrected chi connectivity index (χ2v) is 7.16. The maximum atomic E-state index is 5.85. The lowest BCUT2D eigenvalue weighted by atomic mass is 9.90. The molecule has 3 aromatic rings. The van der Waals surface area contributed by atoms with E-state index in [-0.39, 0.29) is 0 Å². The standard InChI is InChI=1S/C22H25N3O/c1-3-7-18(8-4-1)15-20-11-13-25(14-12-20)17-22-24-23-21(26-22)16-19-9-5-2-6-10-19/h1-10,20H,11-17H2. The van der Waals surface area contributed by atoms with Crippen molar-refractivity contribution in [1.29, 1.82) is 0 Å². The summed E-state index contributed by atoms with van der Waals surface area (Å²) < 4.78 is 5.85. The summed E-state index contributed by atoms with van der Waals surface area (Å²) in [5, 5.41) is 8.44. The van der Waals surface area contributed by atoms with Crippen LogP contribution in [0.3, 0.4) is 0 Å². The van der Waals surface area contributed by atoms with Crippen molar-refractivity contribution < 1.29 is 4.42 Å². The van der Waals surface area contributed by atoms with Gasteiger partial charge in [-0.1, -0.05) is 60.7 Å². The summed E-state index contributed by atoms with van der Waals surface area (Å²) in [6, 6.07) is 21.1. The van der Waals surface area contributed by atoms with Crippen LogP contribution in [0.1, 0.15) is 35.7 Å². The van der Waals surface area contributed by atoms with E-state index in [0.717, 1.165) is 31.4 Å². The molecule has 4 nitrogen and oxygen atoms in total. The molecule has 0 spiro atoms. The molecule has 26 heavy (non-hydrogen) atoms. The molecular weight excluding hydrogens is 322 g/mol. The van der Waals surface area contributed by atoms with Gasteiger partial charge in [0.1, 0.15) is 0 Å². The Morgan fingerprint density at radius 2 is 1.42 bits per heavy atom. The zero-order chi connectivity index (χ0) is 17.6. The van der Waals surface area contributed by atoms with Gasteiger partial charge in [0.2, 0.25) is 11.8 Å². The SMILES string of the molecule is c1ccc(Cc2nnc(CN3CCC(Cc4ccccc4)CC3)o2)cc1. The highest BCUT2D eigenvalue weighted by atomic mass is 16.4. The van der Waals surface area contributed by atoms with Crippen molar-refractivity contribution >= 4 is 0 Å². The number of nitrogens with zero attached hydrogens (tertiary/aromatic N) is 3. The van der Waals surface area contributed by atoms with Crippen LogP contribution in [-0.2, 0) is 19.4 Å². The highest BCUT2D eigenvalue weighted by Crippen LogP contribution is 2.22. The molecule has 1 aliphatic rings. The summed E-state index contributed by atoms with van der Waals surface area (Å²) in [7, 11) is 0. The van der Waals surface area contributed by atoms with Crippen molar-refractivity contribution in [2.24, 2.45) is 5.92 Å². The van der Waals surface area contributed by atoms with Crippen LogP contribution in [-0.4, -0.2) is 28.2 Å². The first-order valence-corrected chi connectivity index (χ1v) is 9.46. The van der Waals surface area contributed by atoms with Gasteiger partial charge >= 0.3 is 0 Å². The van der Waals surface area contributed by atoms with Gasteiger partial charge in [-0.25, -0.2) is 0 Å². The Labute approximate surface area is 154 Å². The Bertz CT molecular complexity index is 793. The highest BCUT2D eigenvalue weighted by molar-refractivity contribution is 5.18. The molecule has 0 amide bonds. The number of piperidine rings is 1. The van der Waals surface area contributed by atoms with Crippen LogP contribution in [0, 0.1) is 5.92 Å². The number of aromatic nitrogens is 2. The van der Waals surface area contributed by atoms with E-state index < -0.39 is 0 Å². The minimum Gasteiger partial charge on any atom is -0.424 e. The smallest absolute Gasteiger partial charge is 0.230 e. The molecule has 1 fully saturated rings. The molecule has 0 saturated carbocycles. The molecule has 0 atom stereocenters. The summed E-state index contributed by atoms with van der Waals surface area (Å²) >= 11 is 0. The van der Waals surface area contributed by atoms with Gasteiger partial charge in [0.25, 0.3) is 0 Å². The summed E-state index contributed by atoms with van der Waals surface area (Å²) in [4.78, 5) is 2.43. The summed E-state index contributed by atoms with van der Waals surface area (Å²) in [5.74, 6) is 2.22. The predicted molar refractivity (Wildman–Crippen MR) is 102 cm³/mol. The van der Waals surface area contributed by atoms with Crippen LogP contribution >= 0.6 is 0 Å². The molecule has 1 aromatic heterocycles. The van der Waals surface area contributed by atoms with E-state index in [2.05, 4.69) is 57.6 Å². The first-order valence-electron chi connectivity index (χ1n) is 9.46. The monoisotopic (exact) mass is 347 g/mol. The third kappa shape index (κ3) is 4.58. The normalized spacial score (nSPS) is 16.0. The summed E-state index contributed by atoms with van der Waals surface area (Å²) in [5.41, 5.74) is 2.65. The Balaban J connectivity index is 1.26. The minimum atomic E-state index is 0.699. The number of benzene rings is 2. The fraction of sp³-hybridized carbons (Fsp3) is 0.364. The molecule has 0 N–H and O–H groups in total. The van der Waals surface area contributed by atoms with Gasteiger partial charge in [0.05, 0.1) is 13.0 Å². The molecule has 0 radical (unpaired) electrons. The van der Waals surface area contributed by atoms with Crippen molar-refractivity contribution in [2.45, 2.75) is 32.2 Å². The van der Waals surface area contributed by atoms with Crippen molar-refractivity contribution in [2.75, 3.05) is 13.1 Å². The van der Waals surface area contributed by atoms with Crippen LogP contribution < -0.4 is 0 Å². The van der Waals surface area contributed by atoms with Crippen molar-refractivity contribution in [3.63, 3.8) is 0 Å². The van der Waals surface area contributed by atoms with Crippen molar-refractivity contribution in [3.05, 3.63) is 83.6 Å². The van der Waals surface area contributed by atoms with Crippen LogP contribution in [0.25, 0.3) is 0 Å². The molecule has 134 valence electrons. The number of likely N-dealkylation sites (tertiary alicyclic amines) is 1. The van der Waals surface area contributed by atoms with Gasteiger partial charge in [-0.2, -0.15) is 0 Å². The van der Waals surface area contributed by atoms with Gasteiger partial charge in [-0.05, 0) is 49.4 Å². The number of hydrogen-bond donors (Lipinski definition) is 0. The maximum Gasteiger partial charge on any atom is 0.230 e. The van der Waals surface area contributed by atoms with E-state index in [1.54, 1.807) is 0 Å². The van der Waals surface area contributed by atoms with E-state index in [4.69, 9.17) is 4.42 Å². The molecule has 4 rings (SSSR count). The molecule has 0 aliphatic carbocycles. The molecule has 1 saturated heterocycles. The third-order valence-electron chi connectivity index (χ3n) is 5.14. The Morgan fingerprint density at radius 1 is 0.808 bits per heavy atom. The van der Waals surface area contributed by atoms with Gasteiger partial charge in [-0.15, -0.1) is 10.2 Å². The second-order valence-electron chi connectivity index (χ2n) is 7.16. The topological polar surface area (TPSA) is 42.2 Å². The fourth-order valence-corrected chi connectivity index (χ4v) is 3.68. The third-order valence-corrected chi connectivity index (χ3v) is 5.14. The van der Waals surface area contributed by atoms with Crippen LogP contribution in [0.2, 0.25) is 0 Å². The van der Waals surface area contributed by atoms with Gasteiger partial charge < -0.3 is 4.42 Å². The Hall–Kier alpha value is -2.46. The molecule has 1 aliphatic heterocycles. The van der Waals surface area contributed by atoms with E-state index in [0.29, 0.717) is 12.3 Å². The van der Waals surface area contributed by atoms with Crippen LogP contribution in [0.4, 0.5) is 0 Å². The van der Waals surface area contributed by atoms with E-state index >= 15 is 0 Å². The first kappa shape index (κ1) is 17.0. The average Bonchev–Trinajstić information content (AvgIpc) is 3.12. The lowest BCUT2D eigenvalue weighted by molar-refractivity contribution is 0.163. The zero-order valence-electron chi connectivity index (χ0n) is 15.1. The van der Waals surface area contributed by atoms with E-state index in [9.17, 15) is 0 Å². The lowest BCUT2D eigenvalue weighted by Gasteiger charge is -2.31. The summed E-state index contributed by atoms with van der Waals surface area (Å²) in [6.07, 6.45) is 4.36. The average molecular weight is 347 g/mol. The van der Waals surface area contributed by atoms with Gasteiger partial charge in [-0.3, -0.25) is 4.90 Å². The van der Waals surface area contributed by atoms with Gasteiger partial charge in [0.15, 0.2) is 0 Å². The summed E-state index contributed by atoms with van der Waals surface area (Å²) in [6.45, 7) is 2.97. The first-order chi connectivity index (χ1) is 12.8. The molecule has 0 unspecified atom stereocenters. The maximum absolute atomic E-state index is 5.85. The Morgan fingerprint density at radius 3 is 2.12 bits per heavy atom.